The summed E-state index contributed by atoms with van der Waals surface area (Å²) in [5.74, 6) is 0. The van der Waals surface area contributed by atoms with Crippen LogP contribution < -0.4 is 5.73 Å². The lowest BCUT2D eigenvalue weighted by atomic mass is 9.93. The van der Waals surface area contributed by atoms with Crippen molar-refractivity contribution >= 4 is 10.0 Å². The lowest BCUT2D eigenvalue weighted by Gasteiger charge is -2.36. The number of benzene rings is 1. The standard InChI is InChI=1S/C13H20N2O3S/c14-10-11-3-1-6-13(9-11)19(17,18)15(7-8-16)12-4-2-5-12/h1,3,6,9,12,16H,2,4-5,7-8,10,14H2. The highest BCUT2D eigenvalue weighted by Gasteiger charge is 2.34. The average Bonchev–Trinajstić information content (AvgIpc) is 2.36. The summed E-state index contributed by atoms with van der Waals surface area (Å²) >= 11 is 0. The highest BCUT2D eigenvalue weighted by molar-refractivity contribution is 7.89. The highest BCUT2D eigenvalue weighted by atomic mass is 32.2. The molecule has 0 radical (unpaired) electrons. The van der Waals surface area contributed by atoms with Gasteiger partial charge in [-0.1, -0.05) is 18.6 Å². The van der Waals surface area contributed by atoms with Crippen LogP contribution in [0.2, 0.25) is 0 Å². The van der Waals surface area contributed by atoms with E-state index in [9.17, 15) is 8.42 Å². The third-order valence-corrected chi connectivity index (χ3v) is 5.49. The van der Waals surface area contributed by atoms with Crippen molar-refractivity contribution in [2.75, 3.05) is 13.2 Å². The van der Waals surface area contributed by atoms with Crippen molar-refractivity contribution in [2.45, 2.75) is 36.7 Å². The Morgan fingerprint density at radius 3 is 2.63 bits per heavy atom. The maximum Gasteiger partial charge on any atom is 0.243 e. The van der Waals surface area contributed by atoms with Gasteiger partial charge < -0.3 is 10.8 Å². The first-order valence-electron chi connectivity index (χ1n) is 6.51. The van der Waals surface area contributed by atoms with E-state index in [4.69, 9.17) is 10.8 Å². The number of nitrogens with zero attached hydrogens (tertiary/aromatic N) is 1. The van der Waals surface area contributed by atoms with Gasteiger partial charge in [-0.3, -0.25) is 0 Å². The van der Waals surface area contributed by atoms with Crippen molar-refractivity contribution in [3.8, 4) is 0 Å². The van der Waals surface area contributed by atoms with Crippen LogP contribution in [0.4, 0.5) is 0 Å². The van der Waals surface area contributed by atoms with E-state index >= 15 is 0 Å². The zero-order chi connectivity index (χ0) is 13.9. The fraction of sp³-hybridized carbons (Fsp3) is 0.538. The molecule has 0 bridgehead atoms. The second-order valence-corrected chi connectivity index (χ2v) is 6.67. The summed E-state index contributed by atoms with van der Waals surface area (Å²) in [5.41, 5.74) is 6.34. The molecule has 0 unspecified atom stereocenters. The first kappa shape index (κ1) is 14.5. The number of aliphatic hydroxyl groups excluding tert-OH is 1. The molecule has 0 saturated heterocycles. The largest absolute Gasteiger partial charge is 0.395 e. The normalized spacial score (nSPS) is 16.6. The Morgan fingerprint density at radius 2 is 2.11 bits per heavy atom. The van der Waals surface area contributed by atoms with Crippen LogP contribution in [-0.2, 0) is 16.6 Å². The molecule has 0 heterocycles. The number of aliphatic hydroxyl groups is 1. The minimum atomic E-state index is -3.54. The Bertz CT molecular complexity index is 526. The Labute approximate surface area is 114 Å². The second kappa shape index (κ2) is 6.00. The quantitative estimate of drug-likeness (QED) is 0.804. The molecule has 2 rings (SSSR count). The fourth-order valence-corrected chi connectivity index (χ4v) is 3.99. The van der Waals surface area contributed by atoms with Crippen LogP contribution in [0.5, 0.6) is 0 Å². The smallest absolute Gasteiger partial charge is 0.243 e. The SMILES string of the molecule is NCc1cccc(S(=O)(=O)N(CCO)C2CCC2)c1. The van der Waals surface area contributed by atoms with E-state index in [2.05, 4.69) is 0 Å². The van der Waals surface area contributed by atoms with Gasteiger partial charge in [0.1, 0.15) is 0 Å². The molecule has 1 aromatic rings. The molecule has 0 amide bonds. The Morgan fingerprint density at radius 1 is 1.37 bits per heavy atom. The first-order chi connectivity index (χ1) is 9.09. The van der Waals surface area contributed by atoms with Gasteiger partial charge >= 0.3 is 0 Å². The number of sulfonamides is 1. The predicted octanol–water partition coefficient (Wildman–Crippen LogP) is 0.681. The molecule has 1 aromatic carbocycles. The lowest BCUT2D eigenvalue weighted by molar-refractivity contribution is 0.178. The van der Waals surface area contributed by atoms with Crippen molar-refractivity contribution in [1.82, 2.24) is 4.31 Å². The van der Waals surface area contributed by atoms with Gasteiger partial charge in [0.25, 0.3) is 0 Å². The highest BCUT2D eigenvalue weighted by Crippen LogP contribution is 2.29. The number of hydrogen-bond acceptors (Lipinski definition) is 4. The maximum atomic E-state index is 12.6. The molecule has 3 N–H and O–H groups in total. The molecule has 0 aliphatic heterocycles. The molecule has 1 aliphatic carbocycles. The van der Waals surface area contributed by atoms with Crippen molar-refractivity contribution < 1.29 is 13.5 Å². The predicted molar refractivity (Wildman–Crippen MR) is 73.0 cm³/mol. The van der Waals surface area contributed by atoms with Crippen LogP contribution in [0.25, 0.3) is 0 Å². The number of nitrogens with two attached hydrogens (primary N) is 1. The summed E-state index contributed by atoms with van der Waals surface area (Å²) in [6.45, 7) is 0.305. The number of rotatable bonds is 6. The maximum absolute atomic E-state index is 12.6. The van der Waals surface area contributed by atoms with Crippen LogP contribution in [0.15, 0.2) is 29.2 Å². The third-order valence-electron chi connectivity index (χ3n) is 3.54. The van der Waals surface area contributed by atoms with Crippen molar-refractivity contribution in [1.29, 1.82) is 0 Å². The van der Waals surface area contributed by atoms with E-state index in [-0.39, 0.29) is 24.1 Å². The molecule has 5 nitrogen and oxygen atoms in total. The Balaban J connectivity index is 2.32. The van der Waals surface area contributed by atoms with Gasteiger partial charge in [0.2, 0.25) is 10.0 Å². The molecule has 1 aliphatic rings. The van der Waals surface area contributed by atoms with Gasteiger partial charge in [-0.2, -0.15) is 4.31 Å². The van der Waals surface area contributed by atoms with Crippen LogP contribution in [0.1, 0.15) is 24.8 Å². The summed E-state index contributed by atoms with van der Waals surface area (Å²) in [6, 6.07) is 6.72. The minimum absolute atomic E-state index is 0.0266. The summed E-state index contributed by atoms with van der Waals surface area (Å²) in [4.78, 5) is 0.260. The van der Waals surface area contributed by atoms with Gasteiger partial charge in [0.05, 0.1) is 11.5 Å². The fourth-order valence-electron chi connectivity index (χ4n) is 2.24. The van der Waals surface area contributed by atoms with Crippen LogP contribution in [0, 0.1) is 0 Å². The average molecular weight is 284 g/mol. The molecule has 0 aromatic heterocycles. The van der Waals surface area contributed by atoms with Crippen LogP contribution in [-0.4, -0.2) is 37.0 Å². The van der Waals surface area contributed by atoms with E-state index in [1.807, 2.05) is 0 Å². The molecule has 1 saturated carbocycles. The number of hydrogen-bond donors (Lipinski definition) is 2. The summed E-state index contributed by atoms with van der Waals surface area (Å²) in [6.07, 6.45) is 2.79. The van der Waals surface area contributed by atoms with Gasteiger partial charge in [-0.25, -0.2) is 8.42 Å². The van der Waals surface area contributed by atoms with Gasteiger partial charge in [-0.05, 0) is 30.5 Å². The van der Waals surface area contributed by atoms with Gasteiger partial charge in [-0.15, -0.1) is 0 Å². The van der Waals surface area contributed by atoms with E-state index < -0.39 is 10.0 Å². The third kappa shape index (κ3) is 2.97. The van der Waals surface area contributed by atoms with Crippen LogP contribution in [0.3, 0.4) is 0 Å². The summed E-state index contributed by atoms with van der Waals surface area (Å²) in [5, 5.41) is 9.09. The van der Waals surface area contributed by atoms with Crippen molar-refractivity contribution in [3.05, 3.63) is 29.8 Å². The minimum Gasteiger partial charge on any atom is -0.395 e. The zero-order valence-electron chi connectivity index (χ0n) is 10.8. The molecule has 0 atom stereocenters. The Kier molecular flexibility index (Phi) is 4.57. The van der Waals surface area contributed by atoms with E-state index in [1.54, 1.807) is 24.3 Å². The monoisotopic (exact) mass is 284 g/mol. The van der Waals surface area contributed by atoms with Crippen LogP contribution >= 0.6 is 0 Å². The summed E-state index contributed by atoms with van der Waals surface area (Å²) in [7, 11) is -3.54. The molecular formula is C13H20N2O3S. The zero-order valence-corrected chi connectivity index (χ0v) is 11.6. The lowest BCUT2D eigenvalue weighted by Crippen LogP contribution is -2.45. The van der Waals surface area contributed by atoms with Gasteiger partial charge in [0.15, 0.2) is 0 Å². The molecule has 1 fully saturated rings. The van der Waals surface area contributed by atoms with E-state index in [0.717, 1.165) is 24.8 Å². The van der Waals surface area contributed by atoms with Gasteiger partial charge in [0, 0.05) is 19.1 Å². The second-order valence-electron chi connectivity index (χ2n) is 4.78. The summed E-state index contributed by atoms with van der Waals surface area (Å²) < 4.78 is 26.6. The topological polar surface area (TPSA) is 83.6 Å². The molecule has 0 spiro atoms. The van der Waals surface area contributed by atoms with Crippen molar-refractivity contribution in [3.63, 3.8) is 0 Å². The Hall–Kier alpha value is -0.950. The molecule has 6 heteroatoms. The molecular weight excluding hydrogens is 264 g/mol. The van der Waals surface area contributed by atoms with E-state index in [0.29, 0.717) is 6.54 Å². The van der Waals surface area contributed by atoms with E-state index in [1.165, 1.54) is 4.31 Å². The van der Waals surface area contributed by atoms with Crippen molar-refractivity contribution in [2.24, 2.45) is 5.73 Å². The molecule has 19 heavy (non-hydrogen) atoms. The molecule has 106 valence electrons. The first-order valence-corrected chi connectivity index (χ1v) is 7.95.